The first-order valence-electron chi connectivity index (χ1n) is 3.89. The van der Waals surface area contributed by atoms with E-state index in [4.69, 9.17) is 9.47 Å². The molecule has 0 amide bonds. The van der Waals surface area contributed by atoms with Crippen molar-refractivity contribution in [2.75, 3.05) is 6.61 Å². The van der Waals surface area contributed by atoms with Crippen LogP contribution in [0.4, 0.5) is 0 Å². The first-order chi connectivity index (χ1) is 5.53. The molecule has 2 saturated heterocycles. The van der Waals surface area contributed by atoms with Crippen LogP contribution < -0.4 is 0 Å². The van der Waals surface area contributed by atoms with Gasteiger partial charge in [-0.05, 0) is 6.92 Å². The van der Waals surface area contributed by atoms with Crippen LogP contribution in [-0.4, -0.2) is 52.1 Å². The van der Waals surface area contributed by atoms with E-state index in [9.17, 15) is 15.3 Å². The molecule has 2 heterocycles. The van der Waals surface area contributed by atoms with E-state index in [0.29, 0.717) is 0 Å². The van der Waals surface area contributed by atoms with E-state index >= 15 is 0 Å². The summed E-state index contributed by atoms with van der Waals surface area (Å²) in [6.45, 7) is 1.64. The topological polar surface area (TPSA) is 79.2 Å². The van der Waals surface area contributed by atoms with E-state index in [2.05, 4.69) is 0 Å². The molecule has 2 aliphatic rings. The Hall–Kier alpha value is -0.200. The second-order valence-corrected chi connectivity index (χ2v) is 3.49. The quantitative estimate of drug-likeness (QED) is 0.406. The summed E-state index contributed by atoms with van der Waals surface area (Å²) in [6, 6.07) is 0. The zero-order valence-corrected chi connectivity index (χ0v) is 6.67. The normalized spacial score (nSPS) is 59.0. The van der Waals surface area contributed by atoms with E-state index in [1.54, 1.807) is 0 Å². The van der Waals surface area contributed by atoms with Gasteiger partial charge in [0, 0.05) is 0 Å². The summed E-state index contributed by atoms with van der Waals surface area (Å²) in [5, 5.41) is 28.5. The molecule has 2 fully saturated rings. The minimum Gasteiger partial charge on any atom is -0.387 e. The molecule has 70 valence electrons. The number of hydrogen-bond acceptors (Lipinski definition) is 5. The van der Waals surface area contributed by atoms with Gasteiger partial charge in [-0.3, -0.25) is 0 Å². The van der Waals surface area contributed by atoms with Crippen molar-refractivity contribution in [3.63, 3.8) is 0 Å². The van der Waals surface area contributed by atoms with Gasteiger partial charge in [-0.15, -0.1) is 0 Å². The van der Waals surface area contributed by atoms with Crippen molar-refractivity contribution in [2.45, 2.75) is 37.1 Å². The Morgan fingerprint density at radius 1 is 1.42 bits per heavy atom. The zero-order chi connectivity index (χ0) is 8.93. The van der Waals surface area contributed by atoms with Crippen LogP contribution in [0, 0.1) is 0 Å². The van der Waals surface area contributed by atoms with Gasteiger partial charge in [0.25, 0.3) is 0 Å². The third-order valence-electron chi connectivity index (χ3n) is 2.56. The number of hydrogen-bond donors (Lipinski definition) is 3. The van der Waals surface area contributed by atoms with Crippen molar-refractivity contribution in [1.82, 2.24) is 0 Å². The van der Waals surface area contributed by atoms with Crippen LogP contribution in [0.2, 0.25) is 0 Å². The Balaban J connectivity index is 2.26. The molecule has 5 heteroatoms. The second-order valence-electron chi connectivity index (χ2n) is 3.49. The molecule has 2 aliphatic heterocycles. The Morgan fingerprint density at radius 3 is 2.75 bits per heavy atom. The van der Waals surface area contributed by atoms with E-state index in [0.717, 1.165) is 0 Å². The fourth-order valence-electron chi connectivity index (χ4n) is 1.59. The molecule has 0 aromatic carbocycles. The van der Waals surface area contributed by atoms with Gasteiger partial charge in [0.2, 0.25) is 0 Å². The maximum Gasteiger partial charge on any atom is 0.186 e. The zero-order valence-electron chi connectivity index (χ0n) is 6.67. The smallest absolute Gasteiger partial charge is 0.186 e. The summed E-state index contributed by atoms with van der Waals surface area (Å²) in [7, 11) is 0. The molecule has 0 aromatic heterocycles. The molecular weight excluding hydrogens is 164 g/mol. The highest BCUT2D eigenvalue weighted by Crippen LogP contribution is 2.34. The molecule has 12 heavy (non-hydrogen) atoms. The monoisotopic (exact) mass is 176 g/mol. The van der Waals surface area contributed by atoms with Crippen LogP contribution in [-0.2, 0) is 9.47 Å². The van der Waals surface area contributed by atoms with Crippen molar-refractivity contribution in [1.29, 1.82) is 0 Å². The van der Waals surface area contributed by atoms with Gasteiger partial charge >= 0.3 is 0 Å². The van der Waals surface area contributed by atoms with E-state index < -0.39 is 30.2 Å². The molecule has 5 nitrogen and oxygen atoms in total. The Morgan fingerprint density at radius 2 is 2.08 bits per heavy atom. The van der Waals surface area contributed by atoms with Crippen molar-refractivity contribution >= 4 is 0 Å². The van der Waals surface area contributed by atoms with Gasteiger partial charge in [-0.2, -0.15) is 0 Å². The van der Waals surface area contributed by atoms with Gasteiger partial charge in [0.1, 0.15) is 23.9 Å². The van der Waals surface area contributed by atoms with E-state index in [-0.39, 0.29) is 6.61 Å². The third kappa shape index (κ3) is 0.915. The SMILES string of the molecule is C[C@]1(O)[C@@H]2CO[C@@H](O2)[C@H](O)[C@@H]1O. The van der Waals surface area contributed by atoms with Crippen molar-refractivity contribution in [3.8, 4) is 0 Å². The fraction of sp³-hybridized carbons (Fsp3) is 1.00. The summed E-state index contributed by atoms with van der Waals surface area (Å²) in [6.07, 6.45) is -3.70. The highest BCUT2D eigenvalue weighted by molar-refractivity contribution is 5.01. The van der Waals surface area contributed by atoms with Crippen molar-refractivity contribution < 1.29 is 24.8 Å². The molecule has 0 saturated carbocycles. The molecule has 0 spiro atoms. The van der Waals surface area contributed by atoms with E-state index in [1.165, 1.54) is 6.92 Å². The van der Waals surface area contributed by atoms with Crippen LogP contribution in [0.25, 0.3) is 0 Å². The lowest BCUT2D eigenvalue weighted by Crippen LogP contribution is -2.61. The molecule has 0 unspecified atom stereocenters. The molecular formula is C7H12O5. The minimum atomic E-state index is -1.42. The molecule has 5 atom stereocenters. The average molecular weight is 176 g/mol. The minimum absolute atomic E-state index is 0.214. The number of aliphatic hydroxyl groups is 3. The maximum absolute atomic E-state index is 9.68. The predicted octanol–water partition coefficient (Wildman–Crippen LogP) is -1.79. The van der Waals surface area contributed by atoms with Gasteiger partial charge in [-0.25, -0.2) is 0 Å². The van der Waals surface area contributed by atoms with Crippen LogP contribution in [0.5, 0.6) is 0 Å². The highest BCUT2D eigenvalue weighted by Gasteiger charge is 2.55. The number of fused-ring (bicyclic) bond motifs is 2. The maximum atomic E-state index is 9.68. The van der Waals surface area contributed by atoms with E-state index in [1.807, 2.05) is 0 Å². The Bertz CT molecular complexity index is 192. The lowest BCUT2D eigenvalue weighted by molar-refractivity contribution is -0.261. The summed E-state index contributed by atoms with van der Waals surface area (Å²) < 4.78 is 10.1. The highest BCUT2D eigenvalue weighted by atomic mass is 16.7. The van der Waals surface area contributed by atoms with Crippen LogP contribution in [0.1, 0.15) is 6.92 Å². The average Bonchev–Trinajstić information content (AvgIpc) is 2.46. The fourth-order valence-corrected chi connectivity index (χ4v) is 1.59. The standard InChI is InChI=1S/C7H12O5/c1-7(10)3-2-11-6(12-3)4(8)5(7)9/h3-6,8-10H,2H2,1H3/t3-,4+,5-,6-,7-/m0/s1. The van der Waals surface area contributed by atoms with Gasteiger partial charge in [0.05, 0.1) is 6.61 Å². The number of ether oxygens (including phenoxy) is 2. The van der Waals surface area contributed by atoms with Crippen molar-refractivity contribution in [3.05, 3.63) is 0 Å². The van der Waals surface area contributed by atoms with Gasteiger partial charge in [0.15, 0.2) is 6.29 Å². The molecule has 3 N–H and O–H groups in total. The summed E-state index contributed by atoms with van der Waals surface area (Å²) in [4.78, 5) is 0. The lowest BCUT2D eigenvalue weighted by atomic mass is 9.87. The Labute approximate surface area is 69.5 Å². The molecule has 0 aliphatic carbocycles. The summed E-state index contributed by atoms with van der Waals surface area (Å²) >= 11 is 0. The van der Waals surface area contributed by atoms with Crippen LogP contribution in [0.15, 0.2) is 0 Å². The molecule has 0 radical (unpaired) electrons. The molecule has 2 bridgehead atoms. The van der Waals surface area contributed by atoms with Gasteiger partial charge < -0.3 is 24.8 Å². The van der Waals surface area contributed by atoms with Crippen LogP contribution >= 0.6 is 0 Å². The van der Waals surface area contributed by atoms with Crippen LogP contribution in [0.3, 0.4) is 0 Å². The number of aliphatic hydroxyl groups excluding tert-OH is 2. The van der Waals surface area contributed by atoms with Gasteiger partial charge in [-0.1, -0.05) is 0 Å². The number of rotatable bonds is 0. The molecule has 2 rings (SSSR count). The summed E-state index contributed by atoms with van der Waals surface area (Å²) in [5.41, 5.74) is -1.42. The van der Waals surface area contributed by atoms with Crippen molar-refractivity contribution in [2.24, 2.45) is 0 Å². The lowest BCUT2D eigenvalue weighted by Gasteiger charge is -2.40. The summed E-state index contributed by atoms with van der Waals surface area (Å²) in [5.74, 6) is 0. The largest absolute Gasteiger partial charge is 0.387 e. The molecule has 0 aromatic rings. The second kappa shape index (κ2) is 2.40. The third-order valence-corrected chi connectivity index (χ3v) is 2.56. The first kappa shape index (κ1) is 8.40. The predicted molar refractivity (Wildman–Crippen MR) is 37.3 cm³/mol. The Kier molecular flexibility index (Phi) is 1.68. The first-order valence-corrected chi connectivity index (χ1v) is 3.89.